The van der Waals surface area contributed by atoms with Crippen molar-refractivity contribution in [2.24, 2.45) is 0 Å². The van der Waals surface area contributed by atoms with Gasteiger partial charge in [-0.2, -0.15) is 0 Å². The molecular formula is C16H21N3. The predicted octanol–water partition coefficient (Wildman–Crippen LogP) is 3.29. The van der Waals surface area contributed by atoms with E-state index in [1.807, 2.05) is 20.0 Å². The van der Waals surface area contributed by atoms with E-state index in [0.29, 0.717) is 5.92 Å². The molecule has 1 heterocycles. The van der Waals surface area contributed by atoms with Crippen LogP contribution in [0.3, 0.4) is 0 Å². The molecule has 1 aromatic heterocycles. The van der Waals surface area contributed by atoms with Gasteiger partial charge in [-0.05, 0) is 31.5 Å². The maximum Gasteiger partial charge on any atom is 0.159 e. The Labute approximate surface area is 115 Å². The molecule has 2 aromatic rings. The van der Waals surface area contributed by atoms with E-state index in [1.54, 1.807) is 0 Å². The molecular weight excluding hydrogens is 234 g/mol. The van der Waals surface area contributed by atoms with Crippen LogP contribution < -0.4 is 5.32 Å². The van der Waals surface area contributed by atoms with Gasteiger partial charge in [-0.1, -0.05) is 38.1 Å². The summed E-state index contributed by atoms with van der Waals surface area (Å²) in [5.74, 6) is 1.35. The maximum absolute atomic E-state index is 4.59. The first kappa shape index (κ1) is 13.7. The van der Waals surface area contributed by atoms with Gasteiger partial charge < -0.3 is 5.32 Å². The summed E-state index contributed by atoms with van der Waals surface area (Å²) >= 11 is 0. The first-order valence-electron chi connectivity index (χ1n) is 6.69. The Morgan fingerprint density at radius 3 is 2.37 bits per heavy atom. The number of rotatable bonds is 4. The van der Waals surface area contributed by atoms with E-state index < -0.39 is 0 Å². The number of benzene rings is 1. The van der Waals surface area contributed by atoms with Crippen LogP contribution in [0, 0.1) is 6.92 Å². The van der Waals surface area contributed by atoms with Crippen LogP contribution in [-0.2, 0) is 6.54 Å². The van der Waals surface area contributed by atoms with Crippen molar-refractivity contribution < 1.29 is 0 Å². The summed E-state index contributed by atoms with van der Waals surface area (Å²) in [4.78, 5) is 9.12. The molecule has 0 fully saturated rings. The van der Waals surface area contributed by atoms with Crippen molar-refractivity contribution in [2.45, 2.75) is 33.2 Å². The largest absolute Gasteiger partial charge is 0.314 e. The minimum Gasteiger partial charge on any atom is -0.314 e. The molecule has 0 saturated carbocycles. The third-order valence-corrected chi connectivity index (χ3v) is 3.10. The maximum atomic E-state index is 4.59. The molecule has 0 amide bonds. The highest BCUT2D eigenvalue weighted by Gasteiger charge is 2.06. The molecule has 1 aromatic carbocycles. The van der Waals surface area contributed by atoms with Crippen LogP contribution in [0.1, 0.15) is 36.7 Å². The van der Waals surface area contributed by atoms with Gasteiger partial charge in [-0.3, -0.25) is 0 Å². The smallest absolute Gasteiger partial charge is 0.159 e. The molecule has 3 heteroatoms. The minimum atomic E-state index is 0.548. The van der Waals surface area contributed by atoms with E-state index in [-0.39, 0.29) is 0 Å². The number of nitrogens with zero attached hydrogens (tertiary/aromatic N) is 2. The van der Waals surface area contributed by atoms with Crippen LogP contribution in [0.5, 0.6) is 0 Å². The molecule has 100 valence electrons. The van der Waals surface area contributed by atoms with Crippen LogP contribution in [0.15, 0.2) is 30.3 Å². The number of aromatic nitrogens is 2. The second kappa shape index (κ2) is 5.93. The molecule has 0 aliphatic rings. The van der Waals surface area contributed by atoms with Crippen molar-refractivity contribution in [3.05, 3.63) is 47.3 Å². The van der Waals surface area contributed by atoms with Gasteiger partial charge in [0.1, 0.15) is 0 Å². The number of nitrogens with one attached hydrogen (secondary N) is 1. The average Bonchev–Trinajstić information content (AvgIpc) is 2.38. The Hall–Kier alpha value is -1.74. The molecule has 0 radical (unpaired) electrons. The minimum absolute atomic E-state index is 0.548. The standard InChI is InChI=1S/C16H21N3/c1-11(2)13-5-7-14(8-6-13)16-18-12(3)9-15(19-16)10-17-4/h5-9,11,17H,10H2,1-4H3. The fourth-order valence-corrected chi connectivity index (χ4v) is 2.05. The summed E-state index contributed by atoms with van der Waals surface area (Å²) in [7, 11) is 1.93. The lowest BCUT2D eigenvalue weighted by atomic mass is 10.0. The van der Waals surface area contributed by atoms with Crippen LogP contribution in [0.2, 0.25) is 0 Å². The summed E-state index contributed by atoms with van der Waals surface area (Å²) in [6, 6.07) is 10.5. The van der Waals surface area contributed by atoms with E-state index in [1.165, 1.54) is 5.56 Å². The fourth-order valence-electron chi connectivity index (χ4n) is 2.05. The highest BCUT2D eigenvalue weighted by molar-refractivity contribution is 5.55. The Morgan fingerprint density at radius 2 is 1.79 bits per heavy atom. The van der Waals surface area contributed by atoms with Gasteiger partial charge in [0.05, 0.1) is 5.69 Å². The van der Waals surface area contributed by atoms with Crippen LogP contribution in [-0.4, -0.2) is 17.0 Å². The van der Waals surface area contributed by atoms with E-state index >= 15 is 0 Å². The lowest BCUT2D eigenvalue weighted by Crippen LogP contribution is -2.08. The normalized spacial score (nSPS) is 11.0. The average molecular weight is 255 g/mol. The van der Waals surface area contributed by atoms with Gasteiger partial charge >= 0.3 is 0 Å². The van der Waals surface area contributed by atoms with E-state index in [9.17, 15) is 0 Å². The summed E-state index contributed by atoms with van der Waals surface area (Å²) < 4.78 is 0. The molecule has 0 aliphatic heterocycles. The number of hydrogen-bond donors (Lipinski definition) is 1. The van der Waals surface area contributed by atoms with Gasteiger partial charge in [-0.25, -0.2) is 9.97 Å². The Kier molecular flexibility index (Phi) is 4.27. The summed E-state index contributed by atoms with van der Waals surface area (Å²) in [6.45, 7) is 7.17. The molecule has 0 saturated heterocycles. The zero-order valence-electron chi connectivity index (χ0n) is 12.1. The van der Waals surface area contributed by atoms with Crippen LogP contribution >= 0.6 is 0 Å². The van der Waals surface area contributed by atoms with Crippen molar-refractivity contribution in [3.8, 4) is 11.4 Å². The van der Waals surface area contributed by atoms with Gasteiger partial charge in [0.2, 0.25) is 0 Å². The van der Waals surface area contributed by atoms with Crippen LogP contribution in [0.4, 0.5) is 0 Å². The van der Waals surface area contributed by atoms with Crippen molar-refractivity contribution in [1.29, 1.82) is 0 Å². The van der Waals surface area contributed by atoms with Crippen molar-refractivity contribution in [2.75, 3.05) is 7.05 Å². The van der Waals surface area contributed by atoms with Gasteiger partial charge in [0.25, 0.3) is 0 Å². The fraction of sp³-hybridized carbons (Fsp3) is 0.375. The monoisotopic (exact) mass is 255 g/mol. The lowest BCUT2D eigenvalue weighted by molar-refractivity contribution is 0.785. The third-order valence-electron chi connectivity index (χ3n) is 3.10. The topological polar surface area (TPSA) is 37.8 Å². The second-order valence-corrected chi connectivity index (χ2v) is 5.13. The number of hydrogen-bond acceptors (Lipinski definition) is 3. The number of aryl methyl sites for hydroxylation is 1. The molecule has 0 atom stereocenters. The quantitative estimate of drug-likeness (QED) is 0.911. The first-order chi connectivity index (χ1) is 9.10. The second-order valence-electron chi connectivity index (χ2n) is 5.13. The molecule has 3 nitrogen and oxygen atoms in total. The zero-order chi connectivity index (χ0) is 13.8. The first-order valence-corrected chi connectivity index (χ1v) is 6.69. The summed E-state index contributed by atoms with van der Waals surface area (Å²) in [5, 5.41) is 3.12. The molecule has 0 aliphatic carbocycles. The molecule has 0 bridgehead atoms. The highest BCUT2D eigenvalue weighted by atomic mass is 14.9. The molecule has 1 N–H and O–H groups in total. The molecule has 19 heavy (non-hydrogen) atoms. The summed E-state index contributed by atoms with van der Waals surface area (Å²) in [5.41, 5.74) is 4.44. The van der Waals surface area contributed by atoms with Gasteiger partial charge in [0.15, 0.2) is 5.82 Å². The highest BCUT2D eigenvalue weighted by Crippen LogP contribution is 2.20. The van der Waals surface area contributed by atoms with Crippen LogP contribution in [0.25, 0.3) is 11.4 Å². The Morgan fingerprint density at radius 1 is 1.11 bits per heavy atom. The molecule has 0 spiro atoms. The summed E-state index contributed by atoms with van der Waals surface area (Å²) in [6.07, 6.45) is 0. The molecule has 2 rings (SSSR count). The SMILES string of the molecule is CNCc1cc(C)nc(-c2ccc(C(C)C)cc2)n1. The van der Waals surface area contributed by atoms with E-state index in [2.05, 4.69) is 53.4 Å². The van der Waals surface area contributed by atoms with E-state index in [4.69, 9.17) is 0 Å². The van der Waals surface area contributed by atoms with Crippen molar-refractivity contribution in [1.82, 2.24) is 15.3 Å². The Bertz CT molecular complexity index is 544. The van der Waals surface area contributed by atoms with Gasteiger partial charge in [0, 0.05) is 17.8 Å². The third kappa shape index (κ3) is 3.38. The van der Waals surface area contributed by atoms with Crippen molar-refractivity contribution in [3.63, 3.8) is 0 Å². The predicted molar refractivity (Wildman–Crippen MR) is 79.1 cm³/mol. The lowest BCUT2D eigenvalue weighted by Gasteiger charge is -2.08. The Balaban J connectivity index is 2.35. The zero-order valence-corrected chi connectivity index (χ0v) is 12.1. The van der Waals surface area contributed by atoms with Crippen molar-refractivity contribution >= 4 is 0 Å². The van der Waals surface area contributed by atoms with E-state index in [0.717, 1.165) is 29.3 Å². The molecule has 0 unspecified atom stereocenters. The van der Waals surface area contributed by atoms with Gasteiger partial charge in [-0.15, -0.1) is 0 Å².